The van der Waals surface area contributed by atoms with Crippen LogP contribution in [0.3, 0.4) is 0 Å². The highest BCUT2D eigenvalue weighted by Gasteiger charge is 2.34. The first-order valence-electron chi connectivity index (χ1n) is 4.61. The lowest BCUT2D eigenvalue weighted by atomic mass is 10.1. The summed E-state index contributed by atoms with van der Waals surface area (Å²) in [6.45, 7) is 0. The van der Waals surface area contributed by atoms with Crippen molar-refractivity contribution >= 4 is 23.1 Å². The summed E-state index contributed by atoms with van der Waals surface area (Å²) in [5, 5.41) is 13.7. The molecule has 0 aliphatic carbocycles. The average molecular weight is 226 g/mol. The zero-order chi connectivity index (χ0) is 10.8. The number of carbonyl (C=O) groups is 2. The Labute approximate surface area is 90.1 Å². The van der Waals surface area contributed by atoms with Crippen molar-refractivity contribution in [1.29, 1.82) is 0 Å². The molecule has 1 aliphatic heterocycles. The Kier molecular flexibility index (Phi) is 2.79. The van der Waals surface area contributed by atoms with Gasteiger partial charge in [-0.25, -0.2) is 4.98 Å². The Bertz CT molecular complexity index is 377. The Balaban J connectivity index is 2.02. The monoisotopic (exact) mass is 226 g/mol. The number of carbonyl (C=O) groups excluding carboxylic acids is 1. The van der Waals surface area contributed by atoms with Crippen LogP contribution in [0.4, 0.5) is 0 Å². The standard InChI is InChI=1S/C9H10N2O3S/c12-7(8-10-3-4-15-8)5-1-2-6(11-5)9(13)14/h3-6,11H,1-2H2,(H,13,14). The molecule has 15 heavy (non-hydrogen) atoms. The molecule has 1 fully saturated rings. The van der Waals surface area contributed by atoms with Crippen molar-refractivity contribution in [3.05, 3.63) is 16.6 Å². The van der Waals surface area contributed by atoms with Crippen molar-refractivity contribution in [3.63, 3.8) is 0 Å². The first-order valence-corrected chi connectivity index (χ1v) is 5.49. The Hall–Kier alpha value is -1.27. The van der Waals surface area contributed by atoms with Gasteiger partial charge in [0.2, 0.25) is 5.78 Å². The summed E-state index contributed by atoms with van der Waals surface area (Å²) in [5.74, 6) is -1.00. The first kappa shape index (κ1) is 10.3. The molecule has 0 spiro atoms. The third-order valence-corrected chi connectivity index (χ3v) is 3.19. The van der Waals surface area contributed by atoms with E-state index in [-0.39, 0.29) is 5.78 Å². The number of thiazole rings is 1. The van der Waals surface area contributed by atoms with E-state index in [4.69, 9.17) is 5.11 Å². The maximum absolute atomic E-state index is 11.8. The molecule has 2 heterocycles. The average Bonchev–Trinajstić information content (AvgIpc) is 2.88. The molecule has 6 heteroatoms. The van der Waals surface area contributed by atoms with E-state index in [2.05, 4.69) is 10.3 Å². The molecule has 0 radical (unpaired) electrons. The third-order valence-electron chi connectivity index (χ3n) is 2.40. The van der Waals surface area contributed by atoms with Gasteiger partial charge in [0, 0.05) is 11.6 Å². The van der Waals surface area contributed by atoms with Crippen LogP contribution >= 0.6 is 11.3 Å². The summed E-state index contributed by atoms with van der Waals surface area (Å²) in [5.41, 5.74) is 0. The highest BCUT2D eigenvalue weighted by molar-refractivity contribution is 7.11. The Morgan fingerprint density at radius 2 is 2.20 bits per heavy atom. The van der Waals surface area contributed by atoms with Gasteiger partial charge in [-0.1, -0.05) is 0 Å². The van der Waals surface area contributed by atoms with Crippen molar-refractivity contribution in [3.8, 4) is 0 Å². The normalized spacial score (nSPS) is 25.3. The minimum Gasteiger partial charge on any atom is -0.480 e. The van der Waals surface area contributed by atoms with Crippen LogP contribution in [0.1, 0.15) is 22.6 Å². The van der Waals surface area contributed by atoms with Crippen molar-refractivity contribution < 1.29 is 14.7 Å². The highest BCUT2D eigenvalue weighted by Crippen LogP contribution is 2.17. The molecule has 1 aromatic heterocycles. The molecule has 0 saturated carbocycles. The Morgan fingerprint density at radius 3 is 2.73 bits per heavy atom. The van der Waals surface area contributed by atoms with Crippen molar-refractivity contribution in [2.75, 3.05) is 0 Å². The van der Waals surface area contributed by atoms with E-state index >= 15 is 0 Å². The van der Waals surface area contributed by atoms with Crippen LogP contribution in [0.15, 0.2) is 11.6 Å². The number of carboxylic acids is 1. The predicted octanol–water partition coefficient (Wildman–Crippen LogP) is 0.531. The van der Waals surface area contributed by atoms with E-state index in [0.29, 0.717) is 17.8 Å². The van der Waals surface area contributed by atoms with E-state index in [1.807, 2.05) is 0 Å². The molecule has 2 rings (SSSR count). The van der Waals surface area contributed by atoms with Crippen molar-refractivity contribution in [2.24, 2.45) is 0 Å². The molecular weight excluding hydrogens is 216 g/mol. The number of nitrogens with zero attached hydrogens (tertiary/aromatic N) is 1. The number of Topliss-reactive ketones (excluding diaryl/α,β-unsaturated/α-hetero) is 1. The van der Waals surface area contributed by atoms with Gasteiger partial charge in [0.05, 0.1) is 6.04 Å². The Morgan fingerprint density at radius 1 is 1.47 bits per heavy atom. The number of hydrogen-bond donors (Lipinski definition) is 2. The quantitative estimate of drug-likeness (QED) is 0.735. The summed E-state index contributed by atoms with van der Waals surface area (Å²) in [6.07, 6.45) is 2.63. The fourth-order valence-corrected chi connectivity index (χ4v) is 2.27. The first-order chi connectivity index (χ1) is 7.18. The fraction of sp³-hybridized carbons (Fsp3) is 0.444. The smallest absolute Gasteiger partial charge is 0.320 e. The summed E-state index contributed by atoms with van der Waals surface area (Å²) in [4.78, 5) is 26.4. The molecule has 2 unspecified atom stereocenters. The molecule has 0 amide bonds. The van der Waals surface area contributed by atoms with Crippen LogP contribution < -0.4 is 5.32 Å². The molecule has 0 bridgehead atoms. The number of hydrogen-bond acceptors (Lipinski definition) is 5. The lowest BCUT2D eigenvalue weighted by Gasteiger charge is -2.08. The second-order valence-corrected chi connectivity index (χ2v) is 4.28. The SMILES string of the molecule is O=C(O)C1CCC(C(=O)c2nccs2)N1. The molecule has 80 valence electrons. The summed E-state index contributed by atoms with van der Waals surface area (Å²) in [7, 11) is 0. The minimum absolute atomic E-state index is 0.103. The lowest BCUT2D eigenvalue weighted by molar-refractivity contribution is -0.139. The summed E-state index contributed by atoms with van der Waals surface area (Å²) < 4.78 is 0. The van der Waals surface area contributed by atoms with E-state index in [0.717, 1.165) is 0 Å². The second kappa shape index (κ2) is 4.08. The largest absolute Gasteiger partial charge is 0.480 e. The van der Waals surface area contributed by atoms with Crippen LogP contribution in [-0.4, -0.2) is 33.9 Å². The van der Waals surface area contributed by atoms with Gasteiger partial charge in [-0.3, -0.25) is 14.9 Å². The zero-order valence-corrected chi connectivity index (χ0v) is 8.66. The van der Waals surface area contributed by atoms with Gasteiger partial charge >= 0.3 is 5.97 Å². The molecule has 2 N–H and O–H groups in total. The highest BCUT2D eigenvalue weighted by atomic mass is 32.1. The number of aliphatic carboxylic acids is 1. The molecule has 2 atom stereocenters. The fourth-order valence-electron chi connectivity index (χ4n) is 1.64. The molecule has 0 aromatic carbocycles. The van der Waals surface area contributed by atoms with Crippen LogP contribution in [0, 0.1) is 0 Å². The van der Waals surface area contributed by atoms with E-state index in [1.54, 1.807) is 11.6 Å². The minimum atomic E-state index is -0.899. The lowest BCUT2D eigenvalue weighted by Crippen LogP contribution is -2.39. The maximum Gasteiger partial charge on any atom is 0.320 e. The van der Waals surface area contributed by atoms with Gasteiger partial charge in [0.15, 0.2) is 5.01 Å². The number of carboxylic acid groups (broad SMARTS) is 1. The summed E-state index contributed by atoms with van der Waals surface area (Å²) >= 11 is 1.28. The molecule has 1 aliphatic rings. The topological polar surface area (TPSA) is 79.3 Å². The van der Waals surface area contributed by atoms with Gasteiger partial charge in [-0.05, 0) is 12.8 Å². The van der Waals surface area contributed by atoms with Gasteiger partial charge in [-0.15, -0.1) is 11.3 Å². The van der Waals surface area contributed by atoms with Crippen LogP contribution in [0.5, 0.6) is 0 Å². The number of ketones is 1. The molecule has 1 saturated heterocycles. The maximum atomic E-state index is 11.8. The zero-order valence-electron chi connectivity index (χ0n) is 7.84. The van der Waals surface area contributed by atoms with E-state index < -0.39 is 18.1 Å². The number of nitrogens with one attached hydrogen (secondary N) is 1. The summed E-state index contributed by atoms with van der Waals surface area (Å²) in [6, 6.07) is -0.990. The predicted molar refractivity (Wildman–Crippen MR) is 54.0 cm³/mol. The second-order valence-electron chi connectivity index (χ2n) is 3.39. The van der Waals surface area contributed by atoms with E-state index in [9.17, 15) is 9.59 Å². The van der Waals surface area contributed by atoms with Crippen LogP contribution in [-0.2, 0) is 4.79 Å². The molecule has 5 nitrogen and oxygen atoms in total. The third kappa shape index (κ3) is 2.05. The number of aromatic nitrogens is 1. The van der Waals surface area contributed by atoms with Crippen molar-refractivity contribution in [2.45, 2.75) is 24.9 Å². The van der Waals surface area contributed by atoms with Gasteiger partial charge in [0.1, 0.15) is 6.04 Å². The van der Waals surface area contributed by atoms with Gasteiger partial charge < -0.3 is 5.11 Å². The molecule has 1 aromatic rings. The molecular formula is C9H10N2O3S. The van der Waals surface area contributed by atoms with Crippen molar-refractivity contribution in [1.82, 2.24) is 10.3 Å². The van der Waals surface area contributed by atoms with Crippen LogP contribution in [0.2, 0.25) is 0 Å². The van der Waals surface area contributed by atoms with Gasteiger partial charge in [-0.2, -0.15) is 0 Å². The van der Waals surface area contributed by atoms with Crippen LogP contribution in [0.25, 0.3) is 0 Å². The van der Waals surface area contributed by atoms with E-state index in [1.165, 1.54) is 11.3 Å². The number of rotatable bonds is 3. The van der Waals surface area contributed by atoms with Gasteiger partial charge in [0.25, 0.3) is 0 Å².